The second-order valence-corrected chi connectivity index (χ2v) is 6.80. The van der Waals surface area contributed by atoms with Crippen LogP contribution in [-0.2, 0) is 4.79 Å². The van der Waals surface area contributed by atoms with Gasteiger partial charge >= 0.3 is 0 Å². The van der Waals surface area contributed by atoms with Crippen molar-refractivity contribution >= 4 is 5.91 Å². The molecule has 0 aromatic carbocycles. The van der Waals surface area contributed by atoms with Crippen LogP contribution in [0.1, 0.15) is 39.5 Å². The molecule has 4 nitrogen and oxygen atoms in total. The Balaban J connectivity index is 1.85. The van der Waals surface area contributed by atoms with E-state index in [1.54, 1.807) is 0 Å². The fraction of sp³-hybridized carbons (Fsp3) is 0.824. The summed E-state index contributed by atoms with van der Waals surface area (Å²) in [5.74, 6) is 1.08. The smallest absolute Gasteiger partial charge is 0.237 e. The molecule has 1 aliphatic heterocycles. The van der Waals surface area contributed by atoms with Crippen molar-refractivity contribution in [3.63, 3.8) is 0 Å². The first-order valence-electron chi connectivity index (χ1n) is 8.46. The van der Waals surface area contributed by atoms with Gasteiger partial charge in [-0.05, 0) is 52.0 Å². The predicted molar refractivity (Wildman–Crippen MR) is 87.3 cm³/mol. The van der Waals surface area contributed by atoms with E-state index in [9.17, 15) is 4.79 Å². The molecule has 2 rings (SSSR count). The molecule has 0 aromatic rings. The van der Waals surface area contributed by atoms with E-state index in [2.05, 4.69) is 16.8 Å². The van der Waals surface area contributed by atoms with E-state index in [-0.39, 0.29) is 5.91 Å². The van der Waals surface area contributed by atoms with Crippen LogP contribution in [-0.4, -0.2) is 61.0 Å². The van der Waals surface area contributed by atoms with Gasteiger partial charge in [0.05, 0.1) is 6.54 Å². The third-order valence-corrected chi connectivity index (χ3v) is 4.41. The Morgan fingerprint density at radius 3 is 2.52 bits per heavy atom. The zero-order valence-electron chi connectivity index (χ0n) is 13.7. The van der Waals surface area contributed by atoms with E-state index in [0.717, 1.165) is 37.7 Å². The standard InChI is InChI=1S/C17H31N3O/c1-4-20(10-14(2)3)17(21)13-19(11-15-7-8-15)12-16-6-5-9-18-16/h15-16,18H,2,4-13H2,1,3H3. The van der Waals surface area contributed by atoms with Crippen LogP contribution < -0.4 is 5.32 Å². The lowest BCUT2D eigenvalue weighted by atomic mass is 10.2. The second-order valence-electron chi connectivity index (χ2n) is 6.80. The van der Waals surface area contributed by atoms with Crippen LogP contribution >= 0.6 is 0 Å². The van der Waals surface area contributed by atoms with E-state index in [4.69, 9.17) is 0 Å². The van der Waals surface area contributed by atoms with Crippen LogP contribution in [0.15, 0.2) is 12.2 Å². The van der Waals surface area contributed by atoms with Gasteiger partial charge in [-0.2, -0.15) is 0 Å². The summed E-state index contributed by atoms with van der Waals surface area (Å²) in [6.07, 6.45) is 5.20. The molecule has 2 aliphatic rings. The number of likely N-dealkylation sites (N-methyl/N-ethyl adjacent to an activating group) is 1. The lowest BCUT2D eigenvalue weighted by molar-refractivity contribution is -0.132. The predicted octanol–water partition coefficient (Wildman–Crippen LogP) is 1.87. The number of carbonyl (C=O) groups is 1. The largest absolute Gasteiger partial charge is 0.338 e. The SMILES string of the molecule is C=C(C)CN(CC)C(=O)CN(CC1CC1)CC1CCCN1. The van der Waals surface area contributed by atoms with Crippen molar-refractivity contribution in [2.75, 3.05) is 39.3 Å². The van der Waals surface area contributed by atoms with Crippen LogP contribution in [0.3, 0.4) is 0 Å². The Hall–Kier alpha value is -0.870. The Bertz CT molecular complexity index is 359. The molecular formula is C17H31N3O. The van der Waals surface area contributed by atoms with Gasteiger partial charge in [0.15, 0.2) is 0 Å². The van der Waals surface area contributed by atoms with E-state index >= 15 is 0 Å². The van der Waals surface area contributed by atoms with Crippen molar-refractivity contribution in [3.05, 3.63) is 12.2 Å². The van der Waals surface area contributed by atoms with E-state index < -0.39 is 0 Å². The molecule has 1 unspecified atom stereocenters. The summed E-state index contributed by atoms with van der Waals surface area (Å²) in [6.45, 7) is 13.2. The van der Waals surface area contributed by atoms with Gasteiger partial charge < -0.3 is 10.2 Å². The second kappa shape index (κ2) is 7.95. The van der Waals surface area contributed by atoms with Gasteiger partial charge in [-0.25, -0.2) is 0 Å². The third kappa shape index (κ3) is 5.79. The van der Waals surface area contributed by atoms with E-state index in [1.807, 2.05) is 18.7 Å². The third-order valence-electron chi connectivity index (χ3n) is 4.41. The maximum Gasteiger partial charge on any atom is 0.237 e. The summed E-state index contributed by atoms with van der Waals surface area (Å²) in [7, 11) is 0. The number of rotatable bonds is 9. The molecule has 0 bridgehead atoms. The van der Waals surface area contributed by atoms with Gasteiger partial charge in [-0.3, -0.25) is 9.69 Å². The van der Waals surface area contributed by atoms with Crippen molar-refractivity contribution in [1.29, 1.82) is 0 Å². The molecule has 1 saturated carbocycles. The van der Waals surface area contributed by atoms with Crippen LogP contribution in [0.2, 0.25) is 0 Å². The molecule has 2 fully saturated rings. The Labute approximate surface area is 129 Å². The lowest BCUT2D eigenvalue weighted by Gasteiger charge is -2.28. The molecule has 1 saturated heterocycles. The van der Waals surface area contributed by atoms with Gasteiger partial charge in [0.2, 0.25) is 5.91 Å². The fourth-order valence-corrected chi connectivity index (χ4v) is 3.09. The van der Waals surface area contributed by atoms with Crippen LogP contribution in [0, 0.1) is 5.92 Å². The molecule has 120 valence electrons. The molecule has 1 aliphatic carbocycles. The molecule has 1 heterocycles. The number of hydrogen-bond acceptors (Lipinski definition) is 3. The molecule has 21 heavy (non-hydrogen) atoms. The average molecular weight is 293 g/mol. The normalized spacial score (nSPS) is 21.8. The topological polar surface area (TPSA) is 35.6 Å². The average Bonchev–Trinajstić information content (AvgIpc) is 3.09. The van der Waals surface area contributed by atoms with Crippen molar-refractivity contribution in [1.82, 2.24) is 15.1 Å². The molecule has 1 atom stereocenters. The lowest BCUT2D eigenvalue weighted by Crippen LogP contribution is -2.45. The van der Waals surface area contributed by atoms with Crippen molar-refractivity contribution < 1.29 is 4.79 Å². The van der Waals surface area contributed by atoms with Crippen LogP contribution in [0.5, 0.6) is 0 Å². The number of nitrogens with one attached hydrogen (secondary N) is 1. The highest BCUT2D eigenvalue weighted by Crippen LogP contribution is 2.30. The summed E-state index contributed by atoms with van der Waals surface area (Å²) in [6, 6.07) is 0.577. The summed E-state index contributed by atoms with van der Waals surface area (Å²) in [5.41, 5.74) is 1.05. The van der Waals surface area contributed by atoms with Gasteiger partial charge in [-0.15, -0.1) is 0 Å². The van der Waals surface area contributed by atoms with Gasteiger partial charge in [0.1, 0.15) is 0 Å². The first kappa shape index (κ1) is 16.5. The molecule has 0 radical (unpaired) electrons. The Kier molecular flexibility index (Phi) is 6.24. The van der Waals surface area contributed by atoms with E-state index in [1.165, 1.54) is 25.7 Å². The number of hydrogen-bond donors (Lipinski definition) is 1. The quantitative estimate of drug-likeness (QED) is 0.659. The summed E-state index contributed by atoms with van der Waals surface area (Å²) in [4.78, 5) is 16.8. The van der Waals surface area contributed by atoms with Crippen molar-refractivity contribution in [3.8, 4) is 0 Å². The minimum atomic E-state index is 0.249. The van der Waals surface area contributed by atoms with Gasteiger partial charge in [0, 0.05) is 32.2 Å². The first-order valence-corrected chi connectivity index (χ1v) is 8.46. The summed E-state index contributed by atoms with van der Waals surface area (Å²) < 4.78 is 0. The number of nitrogens with zero attached hydrogens (tertiary/aromatic N) is 2. The van der Waals surface area contributed by atoms with Crippen molar-refractivity contribution in [2.45, 2.75) is 45.6 Å². The first-order chi connectivity index (χ1) is 10.1. The van der Waals surface area contributed by atoms with Gasteiger partial charge in [-0.1, -0.05) is 12.2 Å². The fourth-order valence-electron chi connectivity index (χ4n) is 3.09. The molecule has 1 amide bonds. The molecule has 1 N–H and O–H groups in total. The van der Waals surface area contributed by atoms with E-state index in [0.29, 0.717) is 19.1 Å². The Morgan fingerprint density at radius 2 is 2.00 bits per heavy atom. The van der Waals surface area contributed by atoms with Crippen LogP contribution in [0.25, 0.3) is 0 Å². The minimum absolute atomic E-state index is 0.249. The number of amides is 1. The summed E-state index contributed by atoms with van der Waals surface area (Å²) in [5, 5.41) is 3.55. The maximum atomic E-state index is 12.5. The minimum Gasteiger partial charge on any atom is -0.338 e. The molecular weight excluding hydrogens is 262 g/mol. The molecule has 4 heteroatoms. The molecule has 0 aromatic heterocycles. The van der Waals surface area contributed by atoms with Crippen LogP contribution in [0.4, 0.5) is 0 Å². The zero-order valence-corrected chi connectivity index (χ0v) is 13.7. The highest BCUT2D eigenvalue weighted by atomic mass is 16.2. The monoisotopic (exact) mass is 293 g/mol. The highest BCUT2D eigenvalue weighted by molar-refractivity contribution is 5.78. The zero-order chi connectivity index (χ0) is 15.2. The van der Waals surface area contributed by atoms with Crippen molar-refractivity contribution in [2.24, 2.45) is 5.92 Å². The maximum absolute atomic E-state index is 12.5. The number of carbonyl (C=O) groups excluding carboxylic acids is 1. The highest BCUT2D eigenvalue weighted by Gasteiger charge is 2.28. The van der Waals surface area contributed by atoms with Gasteiger partial charge in [0.25, 0.3) is 0 Å². The summed E-state index contributed by atoms with van der Waals surface area (Å²) >= 11 is 0. The molecule has 0 spiro atoms. The Morgan fingerprint density at radius 1 is 1.24 bits per heavy atom.